The topological polar surface area (TPSA) is 68.2 Å². The van der Waals surface area contributed by atoms with Crippen molar-refractivity contribution < 1.29 is 42.0 Å². The molecule has 0 atom stereocenters. The Balaban J connectivity index is 0.000000164. The highest BCUT2D eigenvalue weighted by atomic mass is 19.1. The fourth-order valence-electron chi connectivity index (χ4n) is 9.40. The number of phenolic OH excluding ortho intramolecular Hbond substituents is 2. The summed E-state index contributed by atoms with van der Waals surface area (Å²) < 4.78 is 73.2. The number of halogens is 4. The SMILES string of the molecule is CC(C)=CCOc1ccc(-c2cc(C)c(-c3ccc(F)cc3)cc2C)cc1F.CC(C)=CCOc1ccc(-c2ccc(-c3ccc(O)cc3)c(C)c2)cc1F.Cc1cc(-c2ccc(OCc3ccccc3)c(F)c2)ccc1-c1ccc(O)cc1. The predicted octanol–water partition coefficient (Wildman–Crippen LogP) is 20.5. The van der Waals surface area contributed by atoms with Crippen LogP contribution in [0.5, 0.6) is 28.7 Å². The summed E-state index contributed by atoms with van der Waals surface area (Å²) in [6.07, 6.45) is 3.83. The van der Waals surface area contributed by atoms with Gasteiger partial charge in [-0.2, -0.15) is 0 Å². The van der Waals surface area contributed by atoms with Crippen LogP contribution >= 0.6 is 0 Å². The van der Waals surface area contributed by atoms with Gasteiger partial charge in [0.15, 0.2) is 34.7 Å². The molecule has 10 aromatic rings. The number of benzene rings is 10. The molecule has 10 aromatic carbocycles. The molecule has 0 bridgehead atoms. The van der Waals surface area contributed by atoms with Gasteiger partial charge in [-0.25, -0.2) is 17.6 Å². The molecule has 0 saturated carbocycles. The summed E-state index contributed by atoms with van der Waals surface area (Å²) in [5.41, 5.74) is 19.0. The first-order chi connectivity index (χ1) is 40.4. The molecule has 0 aliphatic carbocycles. The summed E-state index contributed by atoms with van der Waals surface area (Å²) in [7, 11) is 0. The number of rotatable bonds is 15. The van der Waals surface area contributed by atoms with E-state index in [1.165, 1.54) is 30.3 Å². The molecule has 2 N–H and O–H groups in total. The van der Waals surface area contributed by atoms with Gasteiger partial charge in [0.2, 0.25) is 0 Å². The zero-order chi connectivity index (χ0) is 59.9. The second-order valence-electron chi connectivity index (χ2n) is 21.0. The molecule has 0 unspecified atom stereocenters. The molecule has 10 rings (SSSR count). The molecule has 0 heterocycles. The normalized spacial score (nSPS) is 10.6. The second kappa shape index (κ2) is 28.4. The summed E-state index contributed by atoms with van der Waals surface area (Å²) in [5, 5.41) is 18.9. The van der Waals surface area contributed by atoms with Crippen molar-refractivity contribution in [2.75, 3.05) is 13.2 Å². The van der Waals surface area contributed by atoms with E-state index in [1.54, 1.807) is 54.6 Å². The minimum absolute atomic E-state index is 0.244. The highest BCUT2D eigenvalue weighted by molar-refractivity contribution is 5.78. The van der Waals surface area contributed by atoms with Crippen LogP contribution in [-0.2, 0) is 6.61 Å². The van der Waals surface area contributed by atoms with E-state index in [-0.39, 0.29) is 52.0 Å². The first-order valence-corrected chi connectivity index (χ1v) is 27.6. The van der Waals surface area contributed by atoms with Crippen LogP contribution in [0.1, 0.15) is 55.5 Å². The minimum atomic E-state index is -0.376. The number of aryl methyl sites for hydroxylation is 4. The highest BCUT2D eigenvalue weighted by Gasteiger charge is 2.14. The molecule has 0 radical (unpaired) electrons. The Morgan fingerprint density at radius 3 is 1.10 bits per heavy atom. The van der Waals surface area contributed by atoms with Crippen molar-refractivity contribution >= 4 is 0 Å². The number of ether oxygens (including phenoxy) is 3. The highest BCUT2D eigenvalue weighted by Crippen LogP contribution is 2.36. The average molecular weight is 1130 g/mol. The Bertz CT molecular complexity index is 3920. The van der Waals surface area contributed by atoms with Crippen LogP contribution in [0, 0.1) is 51.0 Å². The van der Waals surface area contributed by atoms with Crippen molar-refractivity contribution in [2.45, 2.75) is 62.0 Å². The molecule has 0 fully saturated rings. The lowest BCUT2D eigenvalue weighted by atomic mass is 9.92. The Kier molecular flexibility index (Phi) is 20.5. The predicted molar refractivity (Wildman–Crippen MR) is 335 cm³/mol. The first kappa shape index (κ1) is 60.5. The average Bonchev–Trinajstić information content (AvgIpc) is 3.59. The van der Waals surface area contributed by atoms with Gasteiger partial charge in [0.05, 0.1) is 0 Å². The zero-order valence-corrected chi connectivity index (χ0v) is 48.5. The summed E-state index contributed by atoms with van der Waals surface area (Å²) in [5.74, 6) is -0.129. The van der Waals surface area contributed by atoms with Gasteiger partial charge in [-0.05, 0) is 235 Å². The quantitative estimate of drug-likeness (QED) is 0.0791. The molecule has 84 heavy (non-hydrogen) atoms. The summed E-state index contributed by atoms with van der Waals surface area (Å²) in [4.78, 5) is 0. The number of aromatic hydroxyl groups is 2. The van der Waals surface area contributed by atoms with Crippen LogP contribution in [0.2, 0.25) is 0 Å². The number of phenols is 2. The van der Waals surface area contributed by atoms with Crippen LogP contribution in [0.15, 0.2) is 230 Å². The monoisotopic (exact) mass is 1120 g/mol. The fourth-order valence-corrected chi connectivity index (χ4v) is 9.40. The Morgan fingerprint density at radius 2 is 0.679 bits per heavy atom. The van der Waals surface area contributed by atoms with E-state index in [9.17, 15) is 27.8 Å². The first-order valence-electron chi connectivity index (χ1n) is 27.6. The van der Waals surface area contributed by atoms with Gasteiger partial charge in [-0.15, -0.1) is 0 Å². The van der Waals surface area contributed by atoms with Crippen LogP contribution in [0.25, 0.3) is 66.8 Å². The maximum Gasteiger partial charge on any atom is 0.165 e. The third kappa shape index (κ3) is 16.3. The van der Waals surface area contributed by atoms with E-state index in [0.29, 0.717) is 19.8 Å². The third-order valence-corrected chi connectivity index (χ3v) is 14.0. The van der Waals surface area contributed by atoms with Gasteiger partial charge in [0.25, 0.3) is 0 Å². The van der Waals surface area contributed by atoms with E-state index in [4.69, 9.17) is 14.2 Å². The van der Waals surface area contributed by atoms with Crippen molar-refractivity contribution in [1.82, 2.24) is 0 Å². The Morgan fingerprint density at radius 1 is 0.345 bits per heavy atom. The Hall–Kier alpha value is -9.60. The van der Waals surface area contributed by atoms with E-state index in [1.807, 2.05) is 183 Å². The molecule has 0 amide bonds. The fraction of sp³-hybridized carbons (Fsp3) is 0.147. The maximum absolute atomic E-state index is 14.6. The molecular formula is C75H68F4O5. The zero-order valence-electron chi connectivity index (χ0n) is 48.5. The third-order valence-electron chi connectivity index (χ3n) is 14.0. The van der Waals surface area contributed by atoms with Crippen molar-refractivity contribution in [1.29, 1.82) is 0 Å². The lowest BCUT2D eigenvalue weighted by Gasteiger charge is -2.14. The van der Waals surface area contributed by atoms with Crippen molar-refractivity contribution in [3.8, 4) is 95.5 Å². The van der Waals surface area contributed by atoms with Crippen LogP contribution in [-0.4, -0.2) is 23.4 Å². The van der Waals surface area contributed by atoms with Gasteiger partial charge >= 0.3 is 0 Å². The molecule has 5 nitrogen and oxygen atoms in total. The van der Waals surface area contributed by atoms with Crippen LogP contribution < -0.4 is 14.2 Å². The smallest absolute Gasteiger partial charge is 0.165 e. The van der Waals surface area contributed by atoms with E-state index in [0.717, 1.165) is 106 Å². The molecule has 0 saturated heterocycles. The molecule has 0 aliphatic heterocycles. The Labute approximate surface area is 491 Å². The molecule has 0 spiro atoms. The molecule has 0 aromatic heterocycles. The molecule has 0 aliphatic rings. The second-order valence-corrected chi connectivity index (χ2v) is 21.0. The summed E-state index contributed by atoms with van der Waals surface area (Å²) in [6, 6.07) is 61.8. The summed E-state index contributed by atoms with van der Waals surface area (Å²) in [6.45, 7) is 17.0. The maximum atomic E-state index is 14.6. The van der Waals surface area contributed by atoms with Gasteiger partial charge in [0, 0.05) is 0 Å². The minimum Gasteiger partial charge on any atom is -0.508 e. The molecule has 9 heteroatoms. The molecule has 426 valence electrons. The number of hydrogen-bond donors (Lipinski definition) is 2. The summed E-state index contributed by atoms with van der Waals surface area (Å²) >= 11 is 0. The van der Waals surface area contributed by atoms with Gasteiger partial charge in [-0.1, -0.05) is 145 Å². The van der Waals surface area contributed by atoms with Gasteiger partial charge < -0.3 is 24.4 Å². The van der Waals surface area contributed by atoms with Crippen molar-refractivity contribution in [2.24, 2.45) is 0 Å². The standard InChI is InChI=1S/C26H21FO2.C25H24F2O.C24H23FO2/c1-18-15-21(9-13-24(18)20-7-11-23(28)12-8-20)22-10-14-26(25(27)16-22)29-17-19-5-3-2-4-6-19;1-16(2)11-12-28-25-10-7-20(15-24(25)27)23-14-17(3)22(13-18(23)4)19-5-8-21(26)9-6-19;1-16(2)12-13-27-24-11-7-20(15-23(24)25)19-6-10-22(17(3)14-19)18-4-8-21(26)9-5-18/h2-16,28H,17H2,1H3;5-11,13-15H,12H2,1-4H3;4-12,14-15,26H,13H2,1-3H3. The van der Waals surface area contributed by atoms with E-state index in [2.05, 4.69) is 6.07 Å². The van der Waals surface area contributed by atoms with Gasteiger partial charge in [-0.3, -0.25) is 0 Å². The van der Waals surface area contributed by atoms with E-state index >= 15 is 0 Å². The lowest BCUT2D eigenvalue weighted by Crippen LogP contribution is -1.97. The lowest BCUT2D eigenvalue weighted by molar-refractivity contribution is 0.290. The number of hydrogen-bond acceptors (Lipinski definition) is 5. The molecular weight excluding hydrogens is 1060 g/mol. The van der Waals surface area contributed by atoms with Crippen LogP contribution in [0.3, 0.4) is 0 Å². The van der Waals surface area contributed by atoms with Crippen molar-refractivity contribution in [3.63, 3.8) is 0 Å². The van der Waals surface area contributed by atoms with E-state index < -0.39 is 0 Å². The van der Waals surface area contributed by atoms with Crippen LogP contribution in [0.4, 0.5) is 17.6 Å². The number of allylic oxidation sites excluding steroid dienone is 2. The van der Waals surface area contributed by atoms with Gasteiger partial charge in [0.1, 0.15) is 37.1 Å². The largest absolute Gasteiger partial charge is 0.508 e. The van der Waals surface area contributed by atoms with Crippen molar-refractivity contribution in [3.05, 3.63) is 281 Å².